The van der Waals surface area contributed by atoms with Gasteiger partial charge in [-0.2, -0.15) is 0 Å². The Hall–Kier alpha value is -0.400. The topological polar surface area (TPSA) is 173 Å². The van der Waals surface area contributed by atoms with E-state index in [9.17, 15) is 35.7 Å². The second-order valence-corrected chi connectivity index (χ2v) is 9.43. The highest BCUT2D eigenvalue weighted by atomic mass is 16.7. The molecule has 0 aromatic heterocycles. The summed E-state index contributed by atoms with van der Waals surface area (Å²) in [6.45, 7) is -0.174. The van der Waals surface area contributed by atoms with Crippen LogP contribution in [0.25, 0.3) is 0 Å². The maximum absolute atomic E-state index is 10.5. The summed E-state index contributed by atoms with van der Waals surface area (Å²) in [4.78, 5) is 0. The average Bonchev–Trinajstić information content (AvgIpc) is 2.70. The van der Waals surface area contributed by atoms with Crippen LogP contribution in [0.1, 0.15) is 38.5 Å². The van der Waals surface area contributed by atoms with Crippen LogP contribution in [-0.4, -0.2) is 114 Å². The van der Waals surface area contributed by atoms with E-state index in [0.29, 0.717) is 32.1 Å². The van der Waals surface area contributed by atoms with Crippen LogP contribution in [0, 0.1) is 11.8 Å². The Balaban J connectivity index is 1.51. The van der Waals surface area contributed by atoms with Gasteiger partial charge < -0.3 is 50.0 Å². The Morgan fingerprint density at radius 3 is 2.23 bits per heavy atom. The predicted octanol–water partition coefficient (Wildman–Crippen LogP) is -2.87. The molecule has 4 fully saturated rings. The van der Waals surface area contributed by atoms with Crippen molar-refractivity contribution >= 4 is 0 Å². The van der Waals surface area contributed by atoms with E-state index in [1.165, 1.54) is 0 Å². The minimum absolute atomic E-state index is 0.0678. The first kappa shape index (κ1) is 22.8. The Morgan fingerprint density at radius 2 is 1.50 bits per heavy atom. The third-order valence-corrected chi connectivity index (χ3v) is 7.33. The van der Waals surface area contributed by atoms with E-state index in [2.05, 4.69) is 0 Å². The first-order valence-corrected chi connectivity index (χ1v) is 11.0. The first-order valence-electron chi connectivity index (χ1n) is 11.0. The molecule has 4 aliphatic rings. The summed E-state index contributed by atoms with van der Waals surface area (Å²) in [7, 11) is 0. The minimum Gasteiger partial charge on any atom is -0.427 e. The van der Waals surface area contributed by atoms with Crippen molar-refractivity contribution in [2.75, 3.05) is 6.61 Å². The lowest BCUT2D eigenvalue weighted by Crippen LogP contribution is -2.61. The molecule has 30 heavy (non-hydrogen) atoms. The van der Waals surface area contributed by atoms with Crippen LogP contribution in [0.2, 0.25) is 0 Å². The summed E-state index contributed by atoms with van der Waals surface area (Å²) in [5, 5.41) is 70.6. The molecule has 2 saturated carbocycles. The molecule has 174 valence electrons. The lowest BCUT2D eigenvalue weighted by atomic mass is 9.72. The van der Waals surface area contributed by atoms with Crippen molar-refractivity contribution in [3.05, 3.63) is 0 Å². The van der Waals surface area contributed by atoms with E-state index < -0.39 is 55.1 Å². The monoisotopic (exact) mass is 435 g/mol. The Labute approximate surface area is 175 Å². The molecular formula is C20H35O10+. The minimum atomic E-state index is -1.43. The summed E-state index contributed by atoms with van der Waals surface area (Å²) in [6, 6.07) is 0. The van der Waals surface area contributed by atoms with Gasteiger partial charge in [-0.3, -0.25) is 0 Å². The van der Waals surface area contributed by atoms with Gasteiger partial charge in [0.15, 0.2) is 18.5 Å². The maximum Gasteiger partial charge on any atom is 0.186 e. The van der Waals surface area contributed by atoms with Gasteiger partial charge in [-0.15, -0.1) is 0 Å². The first-order chi connectivity index (χ1) is 14.2. The van der Waals surface area contributed by atoms with Crippen LogP contribution < -0.4 is 0 Å². The SMILES string of the molecule is OC1CC(O)C2CC(O[C@H]3OC[C@H](O)[C@H](O)[C@H]3O)C(C3CCC(O)C(O)C3)[OH+]C2C1. The van der Waals surface area contributed by atoms with E-state index in [1.54, 1.807) is 0 Å². The van der Waals surface area contributed by atoms with Crippen molar-refractivity contribution in [1.82, 2.24) is 0 Å². The van der Waals surface area contributed by atoms with Gasteiger partial charge in [-0.1, -0.05) is 0 Å². The fourth-order valence-corrected chi connectivity index (χ4v) is 5.58. The quantitative estimate of drug-likeness (QED) is 0.230. The van der Waals surface area contributed by atoms with Crippen molar-refractivity contribution in [2.45, 2.75) is 106 Å². The number of fused-ring (bicyclic) bond motifs is 1. The van der Waals surface area contributed by atoms with Crippen molar-refractivity contribution in [1.29, 1.82) is 0 Å². The molecule has 0 bridgehead atoms. The van der Waals surface area contributed by atoms with Crippen LogP contribution in [0.3, 0.4) is 0 Å². The molecule has 0 aromatic rings. The molecule has 0 amide bonds. The van der Waals surface area contributed by atoms with Gasteiger partial charge in [0.2, 0.25) is 0 Å². The molecule has 10 nitrogen and oxygen atoms in total. The van der Waals surface area contributed by atoms with Crippen LogP contribution in [0.15, 0.2) is 0 Å². The van der Waals surface area contributed by atoms with Gasteiger partial charge in [0.1, 0.15) is 24.4 Å². The van der Waals surface area contributed by atoms with E-state index in [4.69, 9.17) is 14.2 Å². The van der Waals surface area contributed by atoms with Gasteiger partial charge in [0, 0.05) is 18.8 Å². The highest BCUT2D eigenvalue weighted by Gasteiger charge is 2.54. The third-order valence-electron chi connectivity index (χ3n) is 7.33. The fourth-order valence-electron chi connectivity index (χ4n) is 5.58. The van der Waals surface area contributed by atoms with Crippen LogP contribution in [0.5, 0.6) is 0 Å². The molecule has 4 rings (SSSR count). The molecule has 8 N–H and O–H groups in total. The van der Waals surface area contributed by atoms with Crippen molar-refractivity contribution in [3.8, 4) is 0 Å². The summed E-state index contributed by atoms with van der Waals surface area (Å²) >= 11 is 0. The number of hydrogen-bond acceptors (Lipinski definition) is 9. The lowest BCUT2D eigenvalue weighted by Gasteiger charge is -2.47. The van der Waals surface area contributed by atoms with E-state index in [0.717, 1.165) is 0 Å². The van der Waals surface area contributed by atoms with Crippen LogP contribution in [0.4, 0.5) is 0 Å². The van der Waals surface area contributed by atoms with Gasteiger partial charge in [-0.05, 0) is 25.7 Å². The van der Waals surface area contributed by atoms with Gasteiger partial charge >= 0.3 is 0 Å². The van der Waals surface area contributed by atoms with E-state index in [1.807, 2.05) is 0 Å². The van der Waals surface area contributed by atoms with E-state index >= 15 is 0 Å². The zero-order valence-electron chi connectivity index (χ0n) is 16.8. The molecule has 2 saturated heterocycles. The van der Waals surface area contributed by atoms with Crippen LogP contribution in [-0.2, 0) is 9.47 Å². The van der Waals surface area contributed by atoms with Crippen molar-refractivity contribution < 1.29 is 50.0 Å². The summed E-state index contributed by atoms with van der Waals surface area (Å²) < 4.78 is 16.4. The Bertz CT molecular complexity index is 578. The van der Waals surface area contributed by atoms with Gasteiger partial charge in [-0.25, -0.2) is 0 Å². The zero-order valence-corrected chi connectivity index (χ0v) is 16.8. The average molecular weight is 435 g/mol. The molecule has 13 atom stereocenters. The molecule has 0 spiro atoms. The fraction of sp³-hybridized carbons (Fsp3) is 1.00. The molecule has 9 unspecified atom stereocenters. The number of aliphatic hydroxyl groups excluding tert-OH is 7. The highest BCUT2D eigenvalue weighted by molar-refractivity contribution is 4.97. The molecule has 10 heteroatoms. The molecular weight excluding hydrogens is 400 g/mol. The summed E-state index contributed by atoms with van der Waals surface area (Å²) in [5.41, 5.74) is 0. The number of hydrogen-bond donors (Lipinski definition) is 7. The normalized spacial score (nSPS) is 55.1. The van der Waals surface area contributed by atoms with E-state index in [-0.39, 0.29) is 37.1 Å². The van der Waals surface area contributed by atoms with Gasteiger partial charge in [0.05, 0.1) is 36.9 Å². The predicted molar refractivity (Wildman–Crippen MR) is 101 cm³/mol. The Morgan fingerprint density at radius 1 is 0.733 bits per heavy atom. The molecule has 0 radical (unpaired) electrons. The summed E-state index contributed by atoms with van der Waals surface area (Å²) in [6.07, 6.45) is -6.67. The zero-order chi connectivity index (χ0) is 21.6. The third kappa shape index (κ3) is 4.54. The molecule has 2 heterocycles. The molecule has 2 aliphatic heterocycles. The van der Waals surface area contributed by atoms with Gasteiger partial charge in [0.25, 0.3) is 0 Å². The lowest BCUT2D eigenvalue weighted by molar-refractivity contribution is -0.345. The Kier molecular flexibility index (Phi) is 7.00. The summed E-state index contributed by atoms with van der Waals surface area (Å²) in [5.74, 6) is -0.271. The second kappa shape index (κ2) is 9.22. The van der Waals surface area contributed by atoms with Crippen LogP contribution >= 0.6 is 0 Å². The number of ether oxygens (including phenoxy) is 3. The largest absolute Gasteiger partial charge is 0.427 e. The maximum atomic E-state index is 10.5. The highest BCUT2D eigenvalue weighted by Crippen LogP contribution is 2.41. The molecule has 0 aromatic carbocycles. The molecule has 2 aliphatic carbocycles. The van der Waals surface area contributed by atoms with Crippen molar-refractivity contribution in [2.24, 2.45) is 11.8 Å². The second-order valence-electron chi connectivity index (χ2n) is 9.43. The number of aliphatic hydroxyl groups is 9. The van der Waals surface area contributed by atoms with Crippen molar-refractivity contribution in [3.63, 3.8) is 0 Å². The standard InChI is InChI=1S/C20H34O10/c21-9-4-12(23)10-6-16(30-20-18(27)17(26)14(25)7-28-20)19(29-15(10)5-9)8-1-2-11(22)13(24)3-8/h8-27H,1-7H2/p+1/t8?,9?,10?,11?,12?,13?,14-,15?,16?,17-,18+,19?,20+/m0/s1. The number of rotatable bonds is 3. The smallest absolute Gasteiger partial charge is 0.186 e.